The van der Waals surface area contributed by atoms with Gasteiger partial charge in [0.1, 0.15) is 5.76 Å². The summed E-state index contributed by atoms with van der Waals surface area (Å²) in [5.41, 5.74) is 4.17. The minimum atomic E-state index is 0.289. The van der Waals surface area contributed by atoms with Gasteiger partial charge >= 0.3 is 0 Å². The van der Waals surface area contributed by atoms with Gasteiger partial charge in [-0.3, -0.25) is 11.3 Å². The van der Waals surface area contributed by atoms with Crippen molar-refractivity contribution in [2.75, 3.05) is 0 Å². The first-order valence-corrected chi connectivity index (χ1v) is 5.39. The zero-order chi connectivity index (χ0) is 9.97. The van der Waals surface area contributed by atoms with Crippen molar-refractivity contribution in [2.45, 2.75) is 38.6 Å². The zero-order valence-electron chi connectivity index (χ0n) is 8.62. The molecule has 3 nitrogen and oxygen atoms in total. The third-order valence-corrected chi connectivity index (χ3v) is 3.24. The number of rotatable bonds is 4. The van der Waals surface area contributed by atoms with E-state index in [0.717, 1.165) is 12.2 Å². The molecule has 0 spiro atoms. The molecular formula is C11H18N2O. The molecule has 0 amide bonds. The van der Waals surface area contributed by atoms with Crippen LogP contribution in [0.15, 0.2) is 16.7 Å². The molecule has 1 unspecified atom stereocenters. The van der Waals surface area contributed by atoms with Gasteiger partial charge in [-0.05, 0) is 24.8 Å². The first-order valence-electron chi connectivity index (χ1n) is 5.39. The SMILES string of the molecule is CCc1occc1C(NN)C1CCC1. The topological polar surface area (TPSA) is 51.2 Å². The zero-order valence-corrected chi connectivity index (χ0v) is 8.62. The van der Waals surface area contributed by atoms with Crippen molar-refractivity contribution in [1.82, 2.24) is 5.43 Å². The molecule has 14 heavy (non-hydrogen) atoms. The van der Waals surface area contributed by atoms with Crippen molar-refractivity contribution in [3.8, 4) is 0 Å². The summed E-state index contributed by atoms with van der Waals surface area (Å²) in [4.78, 5) is 0. The molecule has 3 heteroatoms. The van der Waals surface area contributed by atoms with E-state index < -0.39 is 0 Å². The van der Waals surface area contributed by atoms with Crippen molar-refractivity contribution in [2.24, 2.45) is 11.8 Å². The van der Waals surface area contributed by atoms with Crippen LogP contribution in [0.2, 0.25) is 0 Å². The van der Waals surface area contributed by atoms with Crippen molar-refractivity contribution < 1.29 is 4.42 Å². The fraction of sp³-hybridized carbons (Fsp3) is 0.636. The summed E-state index contributed by atoms with van der Waals surface area (Å²) in [5.74, 6) is 7.37. The molecule has 1 aromatic rings. The minimum absolute atomic E-state index is 0.289. The molecule has 1 fully saturated rings. The Morgan fingerprint density at radius 1 is 1.64 bits per heavy atom. The van der Waals surface area contributed by atoms with Gasteiger partial charge in [-0.25, -0.2) is 0 Å². The molecule has 1 aliphatic rings. The molecule has 0 radical (unpaired) electrons. The summed E-state index contributed by atoms with van der Waals surface area (Å²) in [7, 11) is 0. The van der Waals surface area contributed by atoms with Crippen LogP contribution in [0.1, 0.15) is 43.6 Å². The highest BCUT2D eigenvalue weighted by molar-refractivity contribution is 5.22. The molecule has 0 aromatic carbocycles. The van der Waals surface area contributed by atoms with Crippen LogP contribution >= 0.6 is 0 Å². The van der Waals surface area contributed by atoms with Crippen LogP contribution < -0.4 is 11.3 Å². The molecule has 2 rings (SSSR count). The van der Waals surface area contributed by atoms with Gasteiger partial charge in [-0.15, -0.1) is 0 Å². The van der Waals surface area contributed by atoms with E-state index in [4.69, 9.17) is 10.3 Å². The lowest BCUT2D eigenvalue weighted by Crippen LogP contribution is -2.36. The Hall–Kier alpha value is -0.800. The van der Waals surface area contributed by atoms with Crippen molar-refractivity contribution in [3.63, 3.8) is 0 Å². The van der Waals surface area contributed by atoms with Gasteiger partial charge in [0.05, 0.1) is 12.3 Å². The van der Waals surface area contributed by atoms with Gasteiger partial charge in [0, 0.05) is 12.0 Å². The number of hydrogen-bond acceptors (Lipinski definition) is 3. The lowest BCUT2D eigenvalue weighted by atomic mass is 9.77. The molecular weight excluding hydrogens is 176 g/mol. The van der Waals surface area contributed by atoms with E-state index in [0.29, 0.717) is 5.92 Å². The van der Waals surface area contributed by atoms with Crippen molar-refractivity contribution in [1.29, 1.82) is 0 Å². The summed E-state index contributed by atoms with van der Waals surface area (Å²) in [6, 6.07) is 2.33. The maximum absolute atomic E-state index is 5.61. The molecule has 1 heterocycles. The van der Waals surface area contributed by atoms with E-state index in [1.807, 2.05) is 6.07 Å². The summed E-state index contributed by atoms with van der Waals surface area (Å²) >= 11 is 0. The lowest BCUT2D eigenvalue weighted by Gasteiger charge is -2.33. The molecule has 78 valence electrons. The predicted octanol–water partition coefficient (Wildman–Crippen LogP) is 2.15. The second kappa shape index (κ2) is 4.15. The van der Waals surface area contributed by atoms with Crippen LogP contribution in [0.25, 0.3) is 0 Å². The number of nitrogens with two attached hydrogens (primary N) is 1. The Morgan fingerprint density at radius 2 is 2.43 bits per heavy atom. The highest BCUT2D eigenvalue weighted by atomic mass is 16.3. The Bertz CT molecular complexity index is 291. The Labute approximate surface area is 84.6 Å². The second-order valence-corrected chi connectivity index (χ2v) is 3.99. The number of hydrogen-bond donors (Lipinski definition) is 2. The molecule has 0 aliphatic heterocycles. The monoisotopic (exact) mass is 194 g/mol. The third kappa shape index (κ3) is 1.57. The maximum Gasteiger partial charge on any atom is 0.108 e. The van der Waals surface area contributed by atoms with Crippen molar-refractivity contribution >= 4 is 0 Å². The number of aryl methyl sites for hydroxylation is 1. The van der Waals surface area contributed by atoms with Crippen LogP contribution in [-0.2, 0) is 6.42 Å². The molecule has 1 aliphatic carbocycles. The first kappa shape index (κ1) is 9.74. The average Bonchev–Trinajstić information content (AvgIpc) is 2.58. The molecule has 0 bridgehead atoms. The summed E-state index contributed by atoms with van der Waals surface area (Å²) in [6.07, 6.45) is 6.60. The second-order valence-electron chi connectivity index (χ2n) is 3.99. The van der Waals surface area contributed by atoms with Gasteiger partial charge < -0.3 is 4.42 Å². The molecule has 1 saturated carbocycles. The van der Waals surface area contributed by atoms with Gasteiger partial charge in [0.25, 0.3) is 0 Å². The van der Waals surface area contributed by atoms with Crippen LogP contribution in [0, 0.1) is 5.92 Å². The van der Waals surface area contributed by atoms with E-state index >= 15 is 0 Å². The van der Waals surface area contributed by atoms with Gasteiger partial charge in [0.15, 0.2) is 0 Å². The van der Waals surface area contributed by atoms with Crippen molar-refractivity contribution in [3.05, 3.63) is 23.7 Å². The highest BCUT2D eigenvalue weighted by Crippen LogP contribution is 2.38. The van der Waals surface area contributed by atoms with Crippen LogP contribution in [-0.4, -0.2) is 0 Å². The van der Waals surface area contributed by atoms with E-state index in [1.54, 1.807) is 6.26 Å². The average molecular weight is 194 g/mol. The summed E-state index contributed by atoms with van der Waals surface area (Å²) in [5, 5.41) is 0. The lowest BCUT2D eigenvalue weighted by molar-refractivity contribution is 0.230. The van der Waals surface area contributed by atoms with E-state index in [-0.39, 0.29) is 6.04 Å². The number of hydrazine groups is 1. The van der Waals surface area contributed by atoms with E-state index in [9.17, 15) is 0 Å². The van der Waals surface area contributed by atoms with Crippen LogP contribution in [0.4, 0.5) is 0 Å². The number of nitrogens with one attached hydrogen (secondary N) is 1. The predicted molar refractivity (Wildman–Crippen MR) is 55.5 cm³/mol. The van der Waals surface area contributed by atoms with Crippen LogP contribution in [0.5, 0.6) is 0 Å². The molecule has 3 N–H and O–H groups in total. The normalized spacial score (nSPS) is 19.3. The Morgan fingerprint density at radius 3 is 2.93 bits per heavy atom. The van der Waals surface area contributed by atoms with Gasteiger partial charge in [-0.2, -0.15) is 0 Å². The minimum Gasteiger partial charge on any atom is -0.469 e. The largest absolute Gasteiger partial charge is 0.469 e. The standard InChI is InChI=1S/C11H18N2O/c1-2-10-9(6-7-14-10)11(13-12)8-4-3-5-8/h6-8,11,13H,2-5,12H2,1H3. The van der Waals surface area contributed by atoms with Gasteiger partial charge in [-0.1, -0.05) is 13.3 Å². The summed E-state index contributed by atoms with van der Waals surface area (Å²) < 4.78 is 5.42. The summed E-state index contributed by atoms with van der Waals surface area (Å²) in [6.45, 7) is 2.11. The van der Waals surface area contributed by atoms with Crippen LogP contribution in [0.3, 0.4) is 0 Å². The van der Waals surface area contributed by atoms with Gasteiger partial charge in [0.2, 0.25) is 0 Å². The van der Waals surface area contributed by atoms with E-state index in [2.05, 4.69) is 12.3 Å². The number of furan rings is 1. The fourth-order valence-electron chi connectivity index (χ4n) is 2.17. The fourth-order valence-corrected chi connectivity index (χ4v) is 2.17. The maximum atomic E-state index is 5.61. The highest BCUT2D eigenvalue weighted by Gasteiger charge is 2.29. The molecule has 0 saturated heterocycles. The van der Waals surface area contributed by atoms with E-state index in [1.165, 1.54) is 24.8 Å². The Kier molecular flexibility index (Phi) is 2.89. The Balaban J connectivity index is 2.17. The first-order chi connectivity index (χ1) is 6.86. The molecule has 1 atom stereocenters. The molecule has 1 aromatic heterocycles. The smallest absolute Gasteiger partial charge is 0.108 e. The third-order valence-electron chi connectivity index (χ3n) is 3.24. The quantitative estimate of drug-likeness (QED) is 0.570.